The fraction of sp³-hybridized carbons (Fsp3) is 0.0476. The molecular weight excluding hydrogens is 454 g/mol. The molecule has 1 heterocycles. The molecule has 0 aliphatic heterocycles. The summed E-state index contributed by atoms with van der Waals surface area (Å²) in [4.78, 5) is 23.1. The lowest BCUT2D eigenvalue weighted by Gasteiger charge is -2.07. The van der Waals surface area contributed by atoms with E-state index in [1.807, 2.05) is 24.3 Å². The molecule has 0 aliphatic carbocycles. The van der Waals surface area contributed by atoms with Crippen molar-refractivity contribution in [3.63, 3.8) is 0 Å². The third kappa shape index (κ3) is 4.74. The van der Waals surface area contributed by atoms with Gasteiger partial charge in [-0.2, -0.15) is 5.26 Å². The predicted molar refractivity (Wildman–Crippen MR) is 114 cm³/mol. The summed E-state index contributed by atoms with van der Waals surface area (Å²) in [7, 11) is 1.37. The first-order valence-electron chi connectivity index (χ1n) is 8.52. The number of methoxy groups -OCH3 is 1. The van der Waals surface area contributed by atoms with Gasteiger partial charge in [-0.15, -0.1) is 0 Å². The molecule has 0 atom stereocenters. The van der Waals surface area contributed by atoms with Gasteiger partial charge in [0.2, 0.25) is 0 Å². The smallest absolute Gasteiger partial charge is 0.296 e. The van der Waals surface area contributed by atoms with E-state index in [4.69, 9.17) is 9.15 Å². The highest BCUT2D eigenvalue weighted by atomic mass is 79.9. The van der Waals surface area contributed by atoms with Gasteiger partial charge >= 0.3 is 0 Å². The van der Waals surface area contributed by atoms with Crippen LogP contribution >= 0.6 is 15.9 Å². The molecule has 0 fully saturated rings. The first kappa shape index (κ1) is 20.8. The van der Waals surface area contributed by atoms with Crippen molar-refractivity contribution < 1.29 is 18.9 Å². The fourth-order valence-electron chi connectivity index (χ4n) is 2.58. The highest BCUT2D eigenvalue weighted by Gasteiger charge is 2.19. The van der Waals surface area contributed by atoms with E-state index >= 15 is 0 Å². The second-order valence-corrected chi connectivity index (χ2v) is 6.89. The summed E-state index contributed by atoms with van der Waals surface area (Å²) in [6.07, 6.45) is 1.27. The third-order valence-corrected chi connectivity index (χ3v) is 4.59. The minimum atomic E-state index is -0.799. The van der Waals surface area contributed by atoms with Crippen molar-refractivity contribution in [2.24, 2.45) is 0 Å². The molecule has 2 aromatic carbocycles. The predicted octanol–water partition coefficient (Wildman–Crippen LogP) is 5.17. The van der Waals surface area contributed by atoms with Crippen molar-refractivity contribution in [3.8, 4) is 23.1 Å². The minimum Gasteiger partial charge on any atom is -0.496 e. The number of furan rings is 1. The zero-order valence-corrected chi connectivity index (χ0v) is 17.2. The third-order valence-electron chi connectivity index (χ3n) is 4.06. The van der Waals surface area contributed by atoms with Gasteiger partial charge in [0.1, 0.15) is 34.6 Å². The molecule has 1 aromatic heterocycles. The molecule has 9 heteroatoms. The van der Waals surface area contributed by atoms with Crippen LogP contribution < -0.4 is 10.1 Å². The second-order valence-electron chi connectivity index (χ2n) is 5.97. The number of amides is 1. The van der Waals surface area contributed by atoms with E-state index in [0.717, 1.165) is 10.0 Å². The summed E-state index contributed by atoms with van der Waals surface area (Å²) in [6, 6.07) is 16.6. The number of hydrogen-bond donors (Lipinski definition) is 1. The molecule has 0 aliphatic rings. The van der Waals surface area contributed by atoms with Crippen molar-refractivity contribution in [1.82, 2.24) is 0 Å². The van der Waals surface area contributed by atoms with Crippen LogP contribution in [0.3, 0.4) is 0 Å². The van der Waals surface area contributed by atoms with Crippen LogP contribution in [0, 0.1) is 21.4 Å². The van der Waals surface area contributed by atoms with Crippen LogP contribution in [-0.2, 0) is 4.79 Å². The Bertz CT molecular complexity index is 1180. The maximum absolute atomic E-state index is 12.5. The number of carbonyl (C=O) groups excluding carboxylic acids is 1. The number of nitro groups is 1. The molecule has 0 radical (unpaired) electrons. The summed E-state index contributed by atoms with van der Waals surface area (Å²) in [5.74, 6) is 0.334. The lowest BCUT2D eigenvalue weighted by atomic mass is 10.2. The van der Waals surface area contributed by atoms with E-state index in [1.165, 1.54) is 31.4 Å². The molecule has 0 bridgehead atoms. The van der Waals surface area contributed by atoms with Gasteiger partial charge in [-0.3, -0.25) is 14.9 Å². The average molecular weight is 468 g/mol. The Morgan fingerprint density at radius 3 is 2.60 bits per heavy atom. The molecule has 0 saturated carbocycles. The Balaban J connectivity index is 1.84. The van der Waals surface area contributed by atoms with Gasteiger partial charge in [0.05, 0.1) is 18.1 Å². The van der Waals surface area contributed by atoms with Gasteiger partial charge in [0.15, 0.2) is 0 Å². The van der Waals surface area contributed by atoms with Crippen LogP contribution in [0.2, 0.25) is 0 Å². The number of benzene rings is 2. The molecule has 8 nitrogen and oxygen atoms in total. The number of nitro benzene ring substituents is 1. The van der Waals surface area contributed by atoms with Crippen LogP contribution in [0.25, 0.3) is 17.4 Å². The molecule has 30 heavy (non-hydrogen) atoms. The number of halogens is 1. The van der Waals surface area contributed by atoms with Gasteiger partial charge < -0.3 is 14.5 Å². The lowest BCUT2D eigenvalue weighted by Crippen LogP contribution is -2.14. The quantitative estimate of drug-likeness (QED) is 0.231. The molecule has 1 N–H and O–H groups in total. The van der Waals surface area contributed by atoms with E-state index in [2.05, 4.69) is 21.2 Å². The molecule has 150 valence electrons. The molecule has 0 unspecified atom stereocenters. The van der Waals surface area contributed by atoms with Gasteiger partial charge in [0, 0.05) is 16.1 Å². The zero-order chi connectivity index (χ0) is 21.7. The number of ether oxygens (including phenoxy) is 1. The summed E-state index contributed by atoms with van der Waals surface area (Å²) in [5.41, 5.74) is 0.156. The van der Waals surface area contributed by atoms with Crippen LogP contribution in [-0.4, -0.2) is 17.9 Å². The highest BCUT2D eigenvalue weighted by Crippen LogP contribution is 2.30. The Morgan fingerprint density at radius 1 is 1.23 bits per heavy atom. The number of nitriles is 1. The molecule has 3 aromatic rings. The fourth-order valence-corrected chi connectivity index (χ4v) is 2.84. The second kappa shape index (κ2) is 9.07. The first-order chi connectivity index (χ1) is 14.4. The van der Waals surface area contributed by atoms with Crippen LogP contribution in [0.1, 0.15) is 5.76 Å². The monoisotopic (exact) mass is 467 g/mol. The van der Waals surface area contributed by atoms with Gasteiger partial charge in [-0.1, -0.05) is 28.1 Å². The Morgan fingerprint density at radius 2 is 1.97 bits per heavy atom. The lowest BCUT2D eigenvalue weighted by molar-refractivity contribution is -0.384. The molecule has 0 saturated heterocycles. The van der Waals surface area contributed by atoms with Crippen molar-refractivity contribution in [2.75, 3.05) is 12.4 Å². The molecule has 1 amide bonds. The van der Waals surface area contributed by atoms with Crippen LogP contribution in [0.4, 0.5) is 11.4 Å². The average Bonchev–Trinajstić information content (AvgIpc) is 3.21. The van der Waals surface area contributed by atoms with Crippen LogP contribution in [0.5, 0.6) is 5.75 Å². The highest BCUT2D eigenvalue weighted by molar-refractivity contribution is 9.10. The standard InChI is InChI=1S/C21H14BrN3O5/c1-29-16-6-8-18(19(11-16)25(27)28)24-21(26)14(12-23)10-17-7-9-20(30-17)13-2-4-15(22)5-3-13/h2-11H,1H3,(H,24,26)/b14-10+. The number of rotatable bonds is 6. The normalized spacial score (nSPS) is 10.9. The summed E-state index contributed by atoms with van der Waals surface area (Å²) in [5, 5.41) is 23.0. The Hall–Kier alpha value is -3.90. The maximum atomic E-state index is 12.5. The maximum Gasteiger partial charge on any atom is 0.296 e. The number of nitrogens with one attached hydrogen (secondary N) is 1. The SMILES string of the molecule is COc1ccc(NC(=O)/C(C#N)=C/c2ccc(-c3ccc(Br)cc3)o2)c([N+](=O)[O-])c1. The van der Waals surface area contributed by atoms with E-state index in [0.29, 0.717) is 11.5 Å². The minimum absolute atomic E-state index is 0.0538. The van der Waals surface area contributed by atoms with Gasteiger partial charge in [-0.05, 0) is 36.4 Å². The summed E-state index contributed by atoms with van der Waals surface area (Å²) >= 11 is 3.36. The van der Waals surface area contributed by atoms with E-state index < -0.39 is 10.8 Å². The van der Waals surface area contributed by atoms with Crippen molar-refractivity contribution >= 4 is 39.3 Å². The number of hydrogen-bond acceptors (Lipinski definition) is 6. The number of nitrogens with zero attached hydrogens (tertiary/aromatic N) is 2. The molecular formula is C21H14BrN3O5. The van der Waals surface area contributed by atoms with Gasteiger partial charge in [0.25, 0.3) is 11.6 Å². The van der Waals surface area contributed by atoms with Crippen molar-refractivity contribution in [1.29, 1.82) is 5.26 Å². The van der Waals surface area contributed by atoms with E-state index in [1.54, 1.807) is 18.2 Å². The van der Waals surface area contributed by atoms with Crippen molar-refractivity contribution in [2.45, 2.75) is 0 Å². The summed E-state index contributed by atoms with van der Waals surface area (Å²) in [6.45, 7) is 0. The number of carbonyl (C=O) groups is 1. The van der Waals surface area contributed by atoms with E-state index in [-0.39, 0.29) is 22.7 Å². The summed E-state index contributed by atoms with van der Waals surface area (Å²) < 4.78 is 11.6. The molecule has 3 rings (SSSR count). The topological polar surface area (TPSA) is 118 Å². The Kier molecular flexibility index (Phi) is 6.29. The van der Waals surface area contributed by atoms with Gasteiger partial charge in [-0.25, -0.2) is 0 Å². The van der Waals surface area contributed by atoms with Crippen molar-refractivity contribution in [3.05, 3.63) is 80.5 Å². The largest absolute Gasteiger partial charge is 0.496 e. The van der Waals surface area contributed by atoms with E-state index in [9.17, 15) is 20.2 Å². The Labute approximate surface area is 179 Å². The first-order valence-corrected chi connectivity index (χ1v) is 9.32. The zero-order valence-electron chi connectivity index (χ0n) is 15.6. The molecule has 0 spiro atoms. The number of anilines is 1. The van der Waals surface area contributed by atoms with Crippen LogP contribution in [0.15, 0.2) is 69.1 Å².